The maximum absolute atomic E-state index is 10.1. The lowest BCUT2D eigenvalue weighted by Gasteiger charge is -1.85. The molecule has 0 bridgehead atoms. The standard InChI is InChI=1S/C5H6O4.C2H3N/c1-9-5(8)3-2-4(6)7;1-2-3/h2-3H,1H3,(H,6,7);1H3/b3-2+;. The van der Waals surface area contributed by atoms with Crippen molar-refractivity contribution in [3.8, 4) is 6.07 Å². The van der Waals surface area contributed by atoms with Crippen molar-refractivity contribution >= 4 is 11.9 Å². The van der Waals surface area contributed by atoms with Crippen molar-refractivity contribution in [1.29, 1.82) is 5.26 Å². The highest BCUT2D eigenvalue weighted by Crippen LogP contribution is 1.76. The van der Waals surface area contributed by atoms with Gasteiger partial charge in [-0.3, -0.25) is 0 Å². The second-order valence-corrected chi connectivity index (χ2v) is 1.42. The molecule has 5 heteroatoms. The summed E-state index contributed by atoms with van der Waals surface area (Å²) < 4.78 is 4.11. The Hall–Kier alpha value is -1.83. The molecule has 0 fully saturated rings. The van der Waals surface area contributed by atoms with Crippen LogP contribution in [0.1, 0.15) is 6.92 Å². The van der Waals surface area contributed by atoms with Crippen LogP contribution in [0.2, 0.25) is 0 Å². The van der Waals surface area contributed by atoms with Gasteiger partial charge in [0, 0.05) is 19.1 Å². The van der Waals surface area contributed by atoms with E-state index in [-0.39, 0.29) is 0 Å². The summed E-state index contributed by atoms with van der Waals surface area (Å²) in [5.41, 5.74) is 0. The fraction of sp³-hybridized carbons (Fsp3) is 0.286. The predicted octanol–water partition coefficient (Wildman–Crippen LogP) is 0.330. The average Bonchev–Trinajstić information content (AvgIpc) is 2.01. The van der Waals surface area contributed by atoms with E-state index in [9.17, 15) is 9.59 Å². The molecular weight excluding hydrogens is 162 g/mol. The van der Waals surface area contributed by atoms with Gasteiger partial charge in [0.2, 0.25) is 0 Å². The number of nitriles is 1. The van der Waals surface area contributed by atoms with Gasteiger partial charge in [-0.25, -0.2) is 9.59 Å². The number of hydrogen-bond acceptors (Lipinski definition) is 4. The molecule has 0 saturated heterocycles. The Kier molecular flexibility index (Phi) is 9.79. The number of carboxylic acid groups (broad SMARTS) is 1. The summed E-state index contributed by atoms with van der Waals surface area (Å²) in [6.07, 6.45) is 1.55. The molecule has 0 aliphatic rings. The normalized spacial score (nSPS) is 7.75. The fourth-order valence-corrected chi connectivity index (χ4v) is 0.207. The highest BCUT2D eigenvalue weighted by Gasteiger charge is 1.91. The van der Waals surface area contributed by atoms with E-state index in [1.54, 1.807) is 6.07 Å². The van der Waals surface area contributed by atoms with Crippen LogP contribution in [0, 0.1) is 11.3 Å². The number of carbonyl (C=O) groups excluding carboxylic acids is 1. The molecule has 0 radical (unpaired) electrons. The molecule has 0 atom stereocenters. The number of aliphatic carboxylic acids is 1. The Morgan fingerprint density at radius 3 is 2.17 bits per heavy atom. The topological polar surface area (TPSA) is 87.4 Å². The third-order valence-electron chi connectivity index (χ3n) is 0.563. The number of hydrogen-bond donors (Lipinski definition) is 1. The molecule has 0 unspecified atom stereocenters. The zero-order valence-electron chi connectivity index (χ0n) is 6.77. The lowest BCUT2D eigenvalue weighted by Crippen LogP contribution is -1.96. The number of carboxylic acids is 1. The third kappa shape index (κ3) is 15.7. The monoisotopic (exact) mass is 171 g/mol. The first kappa shape index (κ1) is 12.8. The van der Waals surface area contributed by atoms with Crippen molar-refractivity contribution in [1.82, 2.24) is 0 Å². The first-order chi connectivity index (χ1) is 5.58. The van der Waals surface area contributed by atoms with E-state index in [4.69, 9.17) is 10.4 Å². The van der Waals surface area contributed by atoms with E-state index in [0.717, 1.165) is 6.08 Å². The summed E-state index contributed by atoms with van der Waals surface area (Å²) in [4.78, 5) is 19.9. The minimum atomic E-state index is -1.17. The minimum absolute atomic E-state index is 0.669. The molecular formula is C7H9NO4. The zero-order chi connectivity index (χ0) is 9.98. The molecule has 0 amide bonds. The molecule has 66 valence electrons. The Balaban J connectivity index is 0. The number of rotatable bonds is 2. The van der Waals surface area contributed by atoms with Crippen molar-refractivity contribution in [3.05, 3.63) is 12.2 Å². The molecule has 12 heavy (non-hydrogen) atoms. The van der Waals surface area contributed by atoms with E-state index in [0.29, 0.717) is 6.08 Å². The molecule has 0 aromatic carbocycles. The summed E-state index contributed by atoms with van der Waals surface area (Å²) in [7, 11) is 1.18. The quantitative estimate of drug-likeness (QED) is 0.477. The van der Waals surface area contributed by atoms with Gasteiger partial charge in [-0.1, -0.05) is 0 Å². The molecule has 0 aliphatic heterocycles. The lowest BCUT2D eigenvalue weighted by atomic mass is 10.5. The second-order valence-electron chi connectivity index (χ2n) is 1.42. The molecule has 0 saturated carbocycles. The Labute approximate surface area is 69.9 Å². The molecule has 0 rings (SSSR count). The smallest absolute Gasteiger partial charge is 0.330 e. The van der Waals surface area contributed by atoms with E-state index in [1.807, 2.05) is 0 Å². The largest absolute Gasteiger partial charge is 0.478 e. The van der Waals surface area contributed by atoms with Gasteiger partial charge in [0.25, 0.3) is 0 Å². The van der Waals surface area contributed by atoms with Crippen LogP contribution in [0.5, 0.6) is 0 Å². The van der Waals surface area contributed by atoms with Gasteiger partial charge in [0.1, 0.15) is 0 Å². The third-order valence-corrected chi connectivity index (χ3v) is 0.563. The number of nitrogens with zero attached hydrogens (tertiary/aromatic N) is 1. The van der Waals surface area contributed by atoms with Gasteiger partial charge in [0.15, 0.2) is 0 Å². The van der Waals surface area contributed by atoms with Crippen molar-refractivity contribution in [2.24, 2.45) is 0 Å². The Morgan fingerprint density at radius 1 is 1.50 bits per heavy atom. The number of carbonyl (C=O) groups is 2. The number of esters is 1. The summed E-state index contributed by atoms with van der Waals surface area (Å²) >= 11 is 0. The van der Waals surface area contributed by atoms with Gasteiger partial charge in [-0.05, 0) is 0 Å². The van der Waals surface area contributed by atoms with E-state index < -0.39 is 11.9 Å². The maximum atomic E-state index is 10.1. The van der Waals surface area contributed by atoms with Crippen molar-refractivity contribution in [3.63, 3.8) is 0 Å². The molecule has 1 N–H and O–H groups in total. The highest BCUT2D eigenvalue weighted by atomic mass is 16.5. The fourth-order valence-electron chi connectivity index (χ4n) is 0.207. The SMILES string of the molecule is CC#N.COC(=O)/C=C/C(=O)O. The van der Waals surface area contributed by atoms with Gasteiger partial charge in [-0.2, -0.15) is 5.26 Å². The van der Waals surface area contributed by atoms with Crippen molar-refractivity contribution in [2.75, 3.05) is 7.11 Å². The van der Waals surface area contributed by atoms with Gasteiger partial charge >= 0.3 is 11.9 Å². The van der Waals surface area contributed by atoms with Crippen molar-refractivity contribution < 1.29 is 19.4 Å². The lowest BCUT2D eigenvalue weighted by molar-refractivity contribution is -0.136. The first-order valence-corrected chi connectivity index (χ1v) is 2.88. The van der Waals surface area contributed by atoms with Crippen LogP contribution in [0.3, 0.4) is 0 Å². The molecule has 5 nitrogen and oxygen atoms in total. The van der Waals surface area contributed by atoms with Crippen LogP contribution in [0.15, 0.2) is 12.2 Å². The molecule has 0 aromatic rings. The Bertz CT molecular complexity index is 214. The Morgan fingerprint density at radius 2 is 1.92 bits per heavy atom. The van der Waals surface area contributed by atoms with Gasteiger partial charge in [-0.15, -0.1) is 0 Å². The van der Waals surface area contributed by atoms with Crippen LogP contribution in [0.25, 0.3) is 0 Å². The van der Waals surface area contributed by atoms with Crippen LogP contribution < -0.4 is 0 Å². The van der Waals surface area contributed by atoms with E-state index in [2.05, 4.69) is 4.74 Å². The average molecular weight is 171 g/mol. The molecule has 0 spiro atoms. The minimum Gasteiger partial charge on any atom is -0.478 e. The zero-order valence-corrected chi connectivity index (χ0v) is 6.77. The number of ether oxygens (including phenoxy) is 1. The van der Waals surface area contributed by atoms with Crippen LogP contribution >= 0.6 is 0 Å². The van der Waals surface area contributed by atoms with Gasteiger partial charge < -0.3 is 9.84 Å². The first-order valence-electron chi connectivity index (χ1n) is 2.88. The van der Waals surface area contributed by atoms with E-state index in [1.165, 1.54) is 14.0 Å². The van der Waals surface area contributed by atoms with Crippen LogP contribution in [0.4, 0.5) is 0 Å². The predicted molar refractivity (Wildman–Crippen MR) is 40.1 cm³/mol. The summed E-state index contributed by atoms with van der Waals surface area (Å²) in [5, 5.41) is 15.3. The summed E-state index contributed by atoms with van der Waals surface area (Å²) in [6.45, 7) is 1.43. The second kappa shape index (κ2) is 9.17. The summed E-state index contributed by atoms with van der Waals surface area (Å²) in [5.74, 6) is -1.84. The summed E-state index contributed by atoms with van der Waals surface area (Å²) in [6, 6.07) is 1.75. The molecule has 0 aliphatic carbocycles. The molecule has 0 heterocycles. The van der Waals surface area contributed by atoms with Crippen LogP contribution in [-0.4, -0.2) is 24.2 Å². The van der Waals surface area contributed by atoms with Crippen molar-refractivity contribution in [2.45, 2.75) is 6.92 Å². The number of methoxy groups -OCH3 is 1. The van der Waals surface area contributed by atoms with E-state index >= 15 is 0 Å². The van der Waals surface area contributed by atoms with Gasteiger partial charge in [0.05, 0.1) is 13.2 Å². The van der Waals surface area contributed by atoms with Crippen LogP contribution in [-0.2, 0) is 14.3 Å². The highest BCUT2D eigenvalue weighted by molar-refractivity contribution is 5.90. The maximum Gasteiger partial charge on any atom is 0.330 e. The molecule has 0 aromatic heterocycles.